The molecule has 0 atom stereocenters. The number of rotatable bonds is 5. The van der Waals surface area contributed by atoms with Crippen LogP contribution in [0, 0.1) is 3.57 Å². The standard InChI is InChI=1S/C18H19ClIN3OS/c1-3-23(4-2)14-8-6-13(7-9-14)21-18(25)22-17(24)15-11-12(20)5-10-16(15)19/h5-11H,3-4H2,1-2H3,(H2,21,22,24,25). The molecule has 7 heteroatoms. The second-order valence-electron chi connectivity index (χ2n) is 5.25. The Morgan fingerprint density at radius 2 is 1.80 bits per heavy atom. The first-order chi connectivity index (χ1) is 11.9. The zero-order chi connectivity index (χ0) is 18.4. The molecule has 0 aromatic heterocycles. The number of thiocarbonyl (C=S) groups is 1. The Bertz CT molecular complexity index is 763. The number of carbonyl (C=O) groups excluding carboxylic acids is 1. The zero-order valence-electron chi connectivity index (χ0n) is 14.0. The number of hydrogen-bond donors (Lipinski definition) is 2. The fraction of sp³-hybridized carbons (Fsp3) is 0.222. The van der Waals surface area contributed by atoms with Gasteiger partial charge in [-0.15, -0.1) is 0 Å². The van der Waals surface area contributed by atoms with E-state index in [0.29, 0.717) is 10.6 Å². The number of nitrogens with zero attached hydrogens (tertiary/aromatic N) is 1. The molecule has 0 aliphatic carbocycles. The van der Waals surface area contributed by atoms with Crippen molar-refractivity contribution in [3.63, 3.8) is 0 Å². The highest BCUT2D eigenvalue weighted by atomic mass is 127. The predicted molar refractivity (Wildman–Crippen MR) is 118 cm³/mol. The van der Waals surface area contributed by atoms with Gasteiger partial charge in [0.05, 0.1) is 10.6 Å². The second kappa shape index (κ2) is 9.35. The molecule has 1 amide bonds. The molecule has 0 fully saturated rings. The number of carbonyl (C=O) groups is 1. The molecular weight excluding hydrogens is 469 g/mol. The van der Waals surface area contributed by atoms with Gasteiger partial charge >= 0.3 is 0 Å². The Labute approximate surface area is 172 Å². The lowest BCUT2D eigenvalue weighted by Crippen LogP contribution is -2.34. The number of halogens is 2. The minimum atomic E-state index is -0.333. The lowest BCUT2D eigenvalue weighted by Gasteiger charge is -2.21. The maximum Gasteiger partial charge on any atom is 0.258 e. The highest BCUT2D eigenvalue weighted by molar-refractivity contribution is 14.1. The molecule has 0 aliphatic heterocycles. The van der Waals surface area contributed by atoms with Crippen molar-refractivity contribution in [2.45, 2.75) is 13.8 Å². The van der Waals surface area contributed by atoms with Gasteiger partial charge in [0.2, 0.25) is 0 Å². The summed E-state index contributed by atoms with van der Waals surface area (Å²) in [5, 5.41) is 6.30. The van der Waals surface area contributed by atoms with Gasteiger partial charge in [-0.1, -0.05) is 11.6 Å². The Kier molecular flexibility index (Phi) is 7.46. The number of nitrogens with one attached hydrogen (secondary N) is 2. The van der Waals surface area contributed by atoms with E-state index in [0.717, 1.165) is 28.0 Å². The molecule has 0 saturated carbocycles. The van der Waals surface area contributed by atoms with Crippen molar-refractivity contribution in [1.29, 1.82) is 0 Å². The van der Waals surface area contributed by atoms with Gasteiger partial charge in [0.1, 0.15) is 0 Å². The molecule has 0 unspecified atom stereocenters. The van der Waals surface area contributed by atoms with Gasteiger partial charge in [-0.3, -0.25) is 10.1 Å². The smallest absolute Gasteiger partial charge is 0.258 e. The first-order valence-corrected chi connectivity index (χ1v) is 9.73. The molecular formula is C18H19ClIN3OS. The van der Waals surface area contributed by atoms with Crippen LogP contribution in [0.3, 0.4) is 0 Å². The molecule has 2 aromatic rings. The van der Waals surface area contributed by atoms with Gasteiger partial charge in [-0.05, 0) is 91.1 Å². The number of hydrogen-bond acceptors (Lipinski definition) is 3. The van der Waals surface area contributed by atoms with Crippen molar-refractivity contribution in [3.8, 4) is 0 Å². The summed E-state index contributed by atoms with van der Waals surface area (Å²) in [5.74, 6) is -0.333. The van der Waals surface area contributed by atoms with E-state index >= 15 is 0 Å². The topological polar surface area (TPSA) is 44.4 Å². The minimum absolute atomic E-state index is 0.232. The number of benzene rings is 2. The summed E-state index contributed by atoms with van der Waals surface area (Å²) < 4.78 is 0.929. The van der Waals surface area contributed by atoms with Gasteiger partial charge in [0.15, 0.2) is 5.11 Å². The Morgan fingerprint density at radius 3 is 2.40 bits per heavy atom. The Balaban J connectivity index is 2.00. The van der Waals surface area contributed by atoms with E-state index in [1.54, 1.807) is 12.1 Å². The van der Waals surface area contributed by atoms with E-state index in [4.69, 9.17) is 23.8 Å². The van der Waals surface area contributed by atoms with Crippen molar-refractivity contribution in [1.82, 2.24) is 5.32 Å². The summed E-state index contributed by atoms with van der Waals surface area (Å²) in [6.45, 7) is 6.15. The molecule has 2 rings (SSSR count). The fourth-order valence-corrected chi connectivity index (χ4v) is 3.25. The van der Waals surface area contributed by atoms with Crippen LogP contribution in [-0.2, 0) is 0 Å². The summed E-state index contributed by atoms with van der Waals surface area (Å²) in [5.41, 5.74) is 2.36. The van der Waals surface area contributed by atoms with Crippen LogP contribution in [0.1, 0.15) is 24.2 Å². The third-order valence-electron chi connectivity index (χ3n) is 3.65. The SMILES string of the molecule is CCN(CC)c1ccc(NC(=S)NC(=O)c2cc(I)ccc2Cl)cc1. The fourth-order valence-electron chi connectivity index (χ4n) is 2.35. The van der Waals surface area contributed by atoms with Crippen molar-refractivity contribution < 1.29 is 4.79 Å². The molecule has 0 radical (unpaired) electrons. The lowest BCUT2D eigenvalue weighted by atomic mass is 10.2. The van der Waals surface area contributed by atoms with E-state index in [-0.39, 0.29) is 11.0 Å². The quantitative estimate of drug-likeness (QED) is 0.464. The van der Waals surface area contributed by atoms with Crippen molar-refractivity contribution in [2.75, 3.05) is 23.3 Å². The van der Waals surface area contributed by atoms with Gasteiger partial charge in [0, 0.05) is 28.0 Å². The van der Waals surface area contributed by atoms with Crippen LogP contribution < -0.4 is 15.5 Å². The summed E-state index contributed by atoms with van der Waals surface area (Å²) in [6.07, 6.45) is 0. The van der Waals surface area contributed by atoms with Crippen LogP contribution in [0.15, 0.2) is 42.5 Å². The first-order valence-electron chi connectivity index (χ1n) is 7.87. The average molecular weight is 488 g/mol. The van der Waals surface area contributed by atoms with E-state index in [9.17, 15) is 4.79 Å². The van der Waals surface area contributed by atoms with Gasteiger partial charge < -0.3 is 10.2 Å². The molecule has 0 heterocycles. The predicted octanol–water partition coefficient (Wildman–Crippen LogP) is 4.92. The maximum atomic E-state index is 12.3. The molecule has 0 spiro atoms. The van der Waals surface area contributed by atoms with Crippen LogP contribution in [-0.4, -0.2) is 24.1 Å². The number of anilines is 2. The Morgan fingerprint density at radius 1 is 1.16 bits per heavy atom. The summed E-state index contributed by atoms with van der Waals surface area (Å²) in [7, 11) is 0. The monoisotopic (exact) mass is 487 g/mol. The molecule has 0 saturated heterocycles. The van der Waals surface area contributed by atoms with Crippen LogP contribution >= 0.6 is 46.4 Å². The maximum absolute atomic E-state index is 12.3. The summed E-state index contributed by atoms with van der Waals surface area (Å²) >= 11 is 13.4. The normalized spacial score (nSPS) is 10.2. The van der Waals surface area contributed by atoms with Gasteiger partial charge in [-0.2, -0.15) is 0 Å². The highest BCUT2D eigenvalue weighted by Crippen LogP contribution is 2.19. The lowest BCUT2D eigenvalue weighted by molar-refractivity contribution is 0.0978. The van der Waals surface area contributed by atoms with Crippen LogP contribution in [0.2, 0.25) is 5.02 Å². The molecule has 4 nitrogen and oxygen atoms in total. The molecule has 2 aromatic carbocycles. The van der Waals surface area contributed by atoms with Gasteiger partial charge in [-0.25, -0.2) is 0 Å². The van der Waals surface area contributed by atoms with E-state index < -0.39 is 0 Å². The van der Waals surface area contributed by atoms with Gasteiger partial charge in [0.25, 0.3) is 5.91 Å². The van der Waals surface area contributed by atoms with Crippen LogP contribution in [0.25, 0.3) is 0 Å². The van der Waals surface area contributed by atoms with E-state index in [1.165, 1.54) is 0 Å². The Hall–Kier alpha value is -1.38. The molecule has 0 aliphatic rings. The second-order valence-corrected chi connectivity index (χ2v) is 7.31. The van der Waals surface area contributed by atoms with E-state index in [2.05, 4.69) is 52.0 Å². The average Bonchev–Trinajstić information content (AvgIpc) is 2.59. The first kappa shape index (κ1) is 19.9. The minimum Gasteiger partial charge on any atom is -0.372 e. The third-order valence-corrected chi connectivity index (χ3v) is 4.86. The summed E-state index contributed by atoms with van der Waals surface area (Å²) in [4.78, 5) is 14.6. The molecule has 25 heavy (non-hydrogen) atoms. The molecule has 2 N–H and O–H groups in total. The molecule has 0 bridgehead atoms. The number of amides is 1. The van der Waals surface area contributed by atoms with Crippen molar-refractivity contribution >= 4 is 68.8 Å². The van der Waals surface area contributed by atoms with Crippen molar-refractivity contribution in [3.05, 3.63) is 56.6 Å². The highest BCUT2D eigenvalue weighted by Gasteiger charge is 2.12. The third kappa shape index (κ3) is 5.55. The zero-order valence-corrected chi connectivity index (χ0v) is 17.7. The van der Waals surface area contributed by atoms with Crippen LogP contribution in [0.5, 0.6) is 0 Å². The van der Waals surface area contributed by atoms with Crippen molar-refractivity contribution in [2.24, 2.45) is 0 Å². The molecule has 132 valence electrons. The largest absolute Gasteiger partial charge is 0.372 e. The van der Waals surface area contributed by atoms with E-state index in [1.807, 2.05) is 30.3 Å². The van der Waals surface area contributed by atoms with Crippen LogP contribution in [0.4, 0.5) is 11.4 Å². The summed E-state index contributed by atoms with van der Waals surface area (Å²) in [6, 6.07) is 13.2.